The largest absolute Gasteiger partial charge is 0.390 e. The van der Waals surface area contributed by atoms with Gasteiger partial charge in [-0.2, -0.15) is 0 Å². The summed E-state index contributed by atoms with van der Waals surface area (Å²) in [7, 11) is 0. The number of hydrogen-bond donors (Lipinski definition) is 1. The highest BCUT2D eigenvalue weighted by molar-refractivity contribution is 5.56. The molecular weight excluding hydrogens is 164 g/mol. The Balaban J connectivity index is 2.59. The van der Waals surface area contributed by atoms with E-state index in [4.69, 9.17) is 0 Å². The lowest BCUT2D eigenvalue weighted by atomic mass is 9.74. The maximum Gasteiger partial charge on any atom is 0.126 e. The van der Waals surface area contributed by atoms with Crippen molar-refractivity contribution in [3.8, 4) is 0 Å². The van der Waals surface area contributed by atoms with Gasteiger partial charge in [0.05, 0.1) is 5.60 Å². The maximum absolute atomic E-state index is 10.9. The highest BCUT2D eigenvalue weighted by Crippen LogP contribution is 2.34. The van der Waals surface area contributed by atoms with Crippen molar-refractivity contribution in [2.75, 3.05) is 0 Å². The van der Waals surface area contributed by atoms with E-state index in [2.05, 4.69) is 0 Å². The second kappa shape index (κ2) is 4.23. The molecule has 1 unspecified atom stereocenters. The first-order chi connectivity index (χ1) is 6.05. The van der Waals surface area contributed by atoms with E-state index in [1.54, 1.807) is 13.8 Å². The third kappa shape index (κ3) is 2.80. The van der Waals surface area contributed by atoms with Crippen LogP contribution in [0.2, 0.25) is 0 Å². The SMILES string of the molecule is CC(C)(O)C(C=O)C1CCCCC1. The van der Waals surface area contributed by atoms with Crippen LogP contribution in [0.1, 0.15) is 46.0 Å². The molecule has 0 aromatic rings. The molecule has 0 radical (unpaired) electrons. The summed E-state index contributed by atoms with van der Waals surface area (Å²) in [6.07, 6.45) is 6.86. The lowest BCUT2D eigenvalue weighted by Gasteiger charge is -2.34. The highest BCUT2D eigenvalue weighted by atomic mass is 16.3. The first-order valence-electron chi connectivity index (χ1n) is 5.23. The summed E-state index contributed by atoms with van der Waals surface area (Å²) in [6.45, 7) is 3.47. The Morgan fingerprint density at radius 2 is 1.85 bits per heavy atom. The second-order valence-electron chi connectivity index (χ2n) is 4.71. The predicted octanol–water partition coefficient (Wildman–Crippen LogP) is 2.15. The van der Waals surface area contributed by atoms with Gasteiger partial charge >= 0.3 is 0 Å². The van der Waals surface area contributed by atoms with Crippen LogP contribution in [0, 0.1) is 11.8 Å². The molecule has 0 saturated heterocycles. The first kappa shape index (κ1) is 10.7. The van der Waals surface area contributed by atoms with Gasteiger partial charge in [-0.1, -0.05) is 19.3 Å². The van der Waals surface area contributed by atoms with Crippen LogP contribution >= 0.6 is 0 Å². The minimum absolute atomic E-state index is 0.173. The van der Waals surface area contributed by atoms with Crippen LogP contribution in [-0.2, 0) is 4.79 Å². The molecule has 1 aliphatic carbocycles. The Bertz CT molecular complexity index is 163. The minimum atomic E-state index is -0.843. The van der Waals surface area contributed by atoms with Crippen molar-refractivity contribution in [3.63, 3.8) is 0 Å². The molecule has 13 heavy (non-hydrogen) atoms. The molecule has 2 nitrogen and oxygen atoms in total. The van der Waals surface area contributed by atoms with E-state index in [0.717, 1.165) is 19.1 Å². The van der Waals surface area contributed by atoms with Gasteiger partial charge in [-0.3, -0.25) is 0 Å². The van der Waals surface area contributed by atoms with E-state index in [-0.39, 0.29) is 5.92 Å². The molecule has 0 bridgehead atoms. The maximum atomic E-state index is 10.9. The van der Waals surface area contributed by atoms with E-state index in [1.165, 1.54) is 19.3 Å². The third-order valence-corrected chi connectivity index (χ3v) is 3.12. The average Bonchev–Trinajstić information content (AvgIpc) is 2.05. The number of carbonyl (C=O) groups is 1. The van der Waals surface area contributed by atoms with Gasteiger partial charge in [0.25, 0.3) is 0 Å². The Labute approximate surface area is 80.3 Å². The van der Waals surface area contributed by atoms with Crippen LogP contribution in [-0.4, -0.2) is 17.0 Å². The molecule has 1 rings (SSSR count). The molecule has 0 amide bonds. The highest BCUT2D eigenvalue weighted by Gasteiger charge is 2.34. The number of aldehydes is 1. The molecule has 0 aromatic carbocycles. The van der Waals surface area contributed by atoms with Crippen molar-refractivity contribution in [3.05, 3.63) is 0 Å². The van der Waals surface area contributed by atoms with E-state index >= 15 is 0 Å². The zero-order valence-electron chi connectivity index (χ0n) is 8.62. The van der Waals surface area contributed by atoms with Crippen molar-refractivity contribution in [2.24, 2.45) is 11.8 Å². The monoisotopic (exact) mass is 184 g/mol. The summed E-state index contributed by atoms with van der Waals surface area (Å²) in [6, 6.07) is 0. The molecule has 1 aliphatic rings. The smallest absolute Gasteiger partial charge is 0.126 e. The standard InChI is InChI=1S/C11H20O2/c1-11(2,13)10(8-12)9-6-4-3-5-7-9/h8-10,13H,3-7H2,1-2H3. The van der Waals surface area contributed by atoms with Crippen LogP contribution in [0.15, 0.2) is 0 Å². The van der Waals surface area contributed by atoms with Crippen LogP contribution in [0.5, 0.6) is 0 Å². The quantitative estimate of drug-likeness (QED) is 0.682. The lowest BCUT2D eigenvalue weighted by Crippen LogP contribution is -2.38. The predicted molar refractivity (Wildman–Crippen MR) is 52.4 cm³/mol. The molecule has 0 aromatic heterocycles. The van der Waals surface area contributed by atoms with Gasteiger partial charge in [0.1, 0.15) is 6.29 Å². The van der Waals surface area contributed by atoms with Crippen molar-refractivity contribution in [2.45, 2.75) is 51.6 Å². The Kier molecular flexibility index (Phi) is 3.48. The summed E-state index contributed by atoms with van der Waals surface area (Å²) in [5.74, 6) is 0.235. The summed E-state index contributed by atoms with van der Waals surface area (Å²) in [5, 5.41) is 9.80. The molecule has 76 valence electrons. The van der Waals surface area contributed by atoms with E-state index in [1.807, 2.05) is 0 Å². The van der Waals surface area contributed by atoms with Crippen LogP contribution in [0.25, 0.3) is 0 Å². The summed E-state index contributed by atoms with van der Waals surface area (Å²) < 4.78 is 0. The van der Waals surface area contributed by atoms with Gasteiger partial charge < -0.3 is 9.90 Å². The Hall–Kier alpha value is -0.370. The fourth-order valence-electron chi connectivity index (χ4n) is 2.35. The van der Waals surface area contributed by atoms with Gasteiger partial charge in [-0.25, -0.2) is 0 Å². The Morgan fingerprint density at radius 1 is 1.31 bits per heavy atom. The molecule has 1 fully saturated rings. The zero-order valence-corrected chi connectivity index (χ0v) is 8.62. The summed E-state index contributed by atoms with van der Waals surface area (Å²) >= 11 is 0. The van der Waals surface area contributed by atoms with Crippen molar-refractivity contribution >= 4 is 6.29 Å². The number of rotatable bonds is 3. The fraction of sp³-hybridized carbons (Fsp3) is 0.909. The van der Waals surface area contributed by atoms with Gasteiger partial charge in [0.2, 0.25) is 0 Å². The average molecular weight is 184 g/mol. The number of hydrogen-bond acceptors (Lipinski definition) is 2. The fourth-order valence-corrected chi connectivity index (χ4v) is 2.35. The van der Waals surface area contributed by atoms with Crippen LogP contribution in [0.4, 0.5) is 0 Å². The number of aliphatic hydroxyl groups is 1. The molecule has 1 N–H and O–H groups in total. The topological polar surface area (TPSA) is 37.3 Å². The van der Waals surface area contributed by atoms with Crippen LogP contribution in [0.3, 0.4) is 0 Å². The van der Waals surface area contributed by atoms with E-state index < -0.39 is 5.60 Å². The molecule has 1 saturated carbocycles. The second-order valence-corrected chi connectivity index (χ2v) is 4.71. The van der Waals surface area contributed by atoms with Crippen molar-refractivity contribution in [1.29, 1.82) is 0 Å². The van der Waals surface area contributed by atoms with Crippen molar-refractivity contribution < 1.29 is 9.90 Å². The van der Waals surface area contributed by atoms with Gasteiger partial charge in [-0.05, 0) is 32.6 Å². The normalized spacial score (nSPS) is 22.7. The van der Waals surface area contributed by atoms with E-state index in [0.29, 0.717) is 5.92 Å². The molecule has 0 spiro atoms. The van der Waals surface area contributed by atoms with Gasteiger partial charge in [0, 0.05) is 5.92 Å². The third-order valence-electron chi connectivity index (χ3n) is 3.12. The van der Waals surface area contributed by atoms with E-state index in [9.17, 15) is 9.90 Å². The number of carbonyl (C=O) groups excluding carboxylic acids is 1. The molecule has 0 aliphatic heterocycles. The summed E-state index contributed by atoms with van der Waals surface area (Å²) in [5.41, 5.74) is -0.843. The lowest BCUT2D eigenvalue weighted by molar-refractivity contribution is -0.122. The van der Waals surface area contributed by atoms with Gasteiger partial charge in [-0.15, -0.1) is 0 Å². The van der Waals surface area contributed by atoms with Crippen molar-refractivity contribution in [1.82, 2.24) is 0 Å². The minimum Gasteiger partial charge on any atom is -0.390 e. The molecule has 2 heteroatoms. The molecular formula is C11H20O2. The first-order valence-corrected chi connectivity index (χ1v) is 5.23. The zero-order chi connectivity index (χ0) is 9.90. The summed E-state index contributed by atoms with van der Waals surface area (Å²) in [4.78, 5) is 10.9. The molecule has 0 heterocycles. The Morgan fingerprint density at radius 3 is 2.23 bits per heavy atom. The van der Waals surface area contributed by atoms with Crippen LogP contribution < -0.4 is 0 Å². The van der Waals surface area contributed by atoms with Gasteiger partial charge in [0.15, 0.2) is 0 Å². The molecule has 1 atom stereocenters.